The van der Waals surface area contributed by atoms with Crippen molar-refractivity contribution in [2.75, 3.05) is 0 Å². The number of nitrogens with zero attached hydrogens (tertiary/aromatic N) is 2. The van der Waals surface area contributed by atoms with Gasteiger partial charge in [-0.2, -0.15) is 13.2 Å². The summed E-state index contributed by atoms with van der Waals surface area (Å²) >= 11 is 1.46. The quantitative estimate of drug-likeness (QED) is 0.775. The first kappa shape index (κ1) is 16.5. The fourth-order valence-electron chi connectivity index (χ4n) is 2.39. The molecule has 3 aromatic rings. The van der Waals surface area contributed by atoms with Crippen LogP contribution in [0.4, 0.5) is 13.2 Å². The van der Waals surface area contributed by atoms with Crippen molar-refractivity contribution < 1.29 is 18.0 Å². The van der Waals surface area contributed by atoms with E-state index in [1.807, 2.05) is 16.0 Å². The number of rotatable bonds is 4. The number of alkyl halides is 3. The number of fused-ring (bicyclic) bond motifs is 1. The number of hydrogen-bond acceptors (Lipinski definition) is 3. The highest BCUT2D eigenvalue weighted by Crippen LogP contribution is 2.30. The number of carbonyl (C=O) groups excluding carboxylic acids is 1. The molecule has 8 heteroatoms. The van der Waals surface area contributed by atoms with Crippen molar-refractivity contribution >= 4 is 22.2 Å². The summed E-state index contributed by atoms with van der Waals surface area (Å²) in [6.45, 7) is 1.65. The van der Waals surface area contributed by atoms with Crippen molar-refractivity contribution in [2.45, 2.75) is 25.6 Å². The molecule has 0 aliphatic carbocycles. The van der Waals surface area contributed by atoms with E-state index in [1.54, 1.807) is 19.2 Å². The minimum absolute atomic E-state index is 0.0811. The third kappa shape index (κ3) is 3.59. The second kappa shape index (κ2) is 6.27. The van der Waals surface area contributed by atoms with Crippen LogP contribution in [0.5, 0.6) is 0 Å². The van der Waals surface area contributed by atoms with Gasteiger partial charge in [-0.1, -0.05) is 12.1 Å². The average molecular weight is 353 g/mol. The van der Waals surface area contributed by atoms with Crippen LogP contribution in [0.2, 0.25) is 0 Å². The number of amides is 1. The number of hydrogen-bond donors (Lipinski definition) is 1. The zero-order chi connectivity index (χ0) is 17.3. The van der Waals surface area contributed by atoms with Crippen LogP contribution in [0.1, 0.15) is 29.8 Å². The van der Waals surface area contributed by atoms with E-state index < -0.39 is 17.8 Å². The molecule has 1 atom stereocenters. The molecule has 4 nitrogen and oxygen atoms in total. The van der Waals surface area contributed by atoms with E-state index in [9.17, 15) is 18.0 Å². The molecule has 0 radical (unpaired) electrons. The molecule has 0 saturated heterocycles. The molecule has 0 bridgehead atoms. The Morgan fingerprint density at radius 1 is 1.42 bits per heavy atom. The topological polar surface area (TPSA) is 46.4 Å². The Hall–Kier alpha value is -2.35. The predicted molar refractivity (Wildman–Crippen MR) is 84.8 cm³/mol. The molecule has 1 aromatic carbocycles. The molecule has 1 amide bonds. The Bertz CT molecular complexity index is 840. The Balaban J connectivity index is 1.66. The minimum Gasteiger partial charge on any atom is -0.349 e. The van der Waals surface area contributed by atoms with Gasteiger partial charge < -0.3 is 5.32 Å². The molecule has 0 aliphatic heterocycles. The summed E-state index contributed by atoms with van der Waals surface area (Å²) in [5.74, 6) is -0.286. The van der Waals surface area contributed by atoms with Crippen LogP contribution in [-0.4, -0.2) is 15.3 Å². The van der Waals surface area contributed by atoms with Gasteiger partial charge in [-0.05, 0) is 24.6 Å². The molecule has 1 N–H and O–H groups in total. The zero-order valence-corrected chi connectivity index (χ0v) is 13.5. The van der Waals surface area contributed by atoms with Crippen LogP contribution >= 0.6 is 11.3 Å². The van der Waals surface area contributed by atoms with Gasteiger partial charge in [0.25, 0.3) is 0 Å². The number of carbonyl (C=O) groups is 1. The van der Waals surface area contributed by atoms with Crippen LogP contribution in [0.15, 0.2) is 42.0 Å². The van der Waals surface area contributed by atoms with E-state index in [0.717, 1.165) is 17.1 Å². The number of benzene rings is 1. The standard InChI is InChI=1S/C16H14F3N3OS/c1-10(11-3-2-4-12(7-11)16(17,18)19)20-14(23)8-13-9-22-5-6-24-15(22)21-13/h2-7,9-10H,8H2,1H3,(H,20,23). The Morgan fingerprint density at radius 2 is 2.21 bits per heavy atom. The first-order valence-corrected chi connectivity index (χ1v) is 8.08. The van der Waals surface area contributed by atoms with E-state index >= 15 is 0 Å². The Kier molecular flexibility index (Phi) is 4.31. The summed E-state index contributed by atoms with van der Waals surface area (Å²) in [4.78, 5) is 17.2. The average Bonchev–Trinajstić information content (AvgIpc) is 3.07. The maximum absolute atomic E-state index is 12.8. The van der Waals surface area contributed by atoms with Gasteiger partial charge in [0.05, 0.1) is 23.7 Å². The zero-order valence-electron chi connectivity index (χ0n) is 12.7. The van der Waals surface area contributed by atoms with E-state index in [1.165, 1.54) is 17.4 Å². The lowest BCUT2D eigenvalue weighted by Gasteiger charge is -2.16. The number of imidazole rings is 1. The molecule has 2 aromatic heterocycles. The highest BCUT2D eigenvalue weighted by atomic mass is 32.1. The molecule has 0 fully saturated rings. The smallest absolute Gasteiger partial charge is 0.349 e. The molecule has 0 aliphatic rings. The monoisotopic (exact) mass is 353 g/mol. The van der Waals surface area contributed by atoms with Crippen LogP contribution in [0.25, 0.3) is 4.96 Å². The molecule has 126 valence electrons. The van der Waals surface area contributed by atoms with Gasteiger partial charge in [0.2, 0.25) is 5.91 Å². The van der Waals surface area contributed by atoms with Gasteiger partial charge in [-0.25, -0.2) is 4.98 Å². The van der Waals surface area contributed by atoms with Crippen molar-refractivity contribution in [1.82, 2.24) is 14.7 Å². The van der Waals surface area contributed by atoms with Gasteiger partial charge in [0.1, 0.15) is 0 Å². The summed E-state index contributed by atoms with van der Waals surface area (Å²) in [5, 5.41) is 4.60. The molecule has 2 heterocycles. The third-order valence-electron chi connectivity index (χ3n) is 3.58. The van der Waals surface area contributed by atoms with Crippen molar-refractivity contribution in [3.63, 3.8) is 0 Å². The molecule has 1 unspecified atom stereocenters. The van der Waals surface area contributed by atoms with Crippen molar-refractivity contribution in [3.05, 3.63) is 58.9 Å². The van der Waals surface area contributed by atoms with Crippen LogP contribution in [0.3, 0.4) is 0 Å². The molecule has 0 saturated carbocycles. The van der Waals surface area contributed by atoms with Crippen molar-refractivity contribution in [3.8, 4) is 0 Å². The molecule has 24 heavy (non-hydrogen) atoms. The van der Waals surface area contributed by atoms with E-state index in [2.05, 4.69) is 10.3 Å². The largest absolute Gasteiger partial charge is 0.416 e. The molecular formula is C16H14F3N3OS. The maximum atomic E-state index is 12.8. The third-order valence-corrected chi connectivity index (χ3v) is 4.35. The highest BCUT2D eigenvalue weighted by molar-refractivity contribution is 7.15. The Labute approximate surface area is 139 Å². The summed E-state index contributed by atoms with van der Waals surface area (Å²) in [5.41, 5.74) is 0.301. The van der Waals surface area contributed by atoms with Gasteiger partial charge in [0, 0.05) is 17.8 Å². The number of nitrogens with one attached hydrogen (secondary N) is 1. The normalized spacial score (nSPS) is 13.2. The van der Waals surface area contributed by atoms with E-state index in [4.69, 9.17) is 0 Å². The summed E-state index contributed by atoms with van der Waals surface area (Å²) in [6.07, 6.45) is -0.709. The fraction of sp³-hybridized carbons (Fsp3) is 0.250. The van der Waals surface area contributed by atoms with Gasteiger partial charge in [-0.15, -0.1) is 11.3 Å². The molecule has 0 spiro atoms. The first-order chi connectivity index (χ1) is 11.3. The lowest BCUT2D eigenvalue weighted by atomic mass is 10.0. The maximum Gasteiger partial charge on any atom is 0.416 e. The van der Waals surface area contributed by atoms with Crippen LogP contribution in [0, 0.1) is 0 Å². The number of aromatic nitrogens is 2. The summed E-state index contributed by atoms with van der Waals surface area (Å²) in [7, 11) is 0. The lowest BCUT2D eigenvalue weighted by molar-refractivity contribution is -0.137. The van der Waals surface area contributed by atoms with Crippen molar-refractivity contribution in [1.29, 1.82) is 0 Å². The lowest BCUT2D eigenvalue weighted by Crippen LogP contribution is -2.28. The van der Waals surface area contributed by atoms with Crippen LogP contribution in [-0.2, 0) is 17.4 Å². The highest BCUT2D eigenvalue weighted by Gasteiger charge is 2.30. The number of thiazole rings is 1. The minimum atomic E-state index is -4.40. The second-order valence-electron chi connectivity index (χ2n) is 5.41. The van der Waals surface area contributed by atoms with E-state index in [0.29, 0.717) is 11.3 Å². The SMILES string of the molecule is CC(NC(=O)Cc1cn2ccsc2n1)c1cccc(C(F)(F)F)c1. The number of halogens is 3. The van der Waals surface area contributed by atoms with Gasteiger partial charge in [0.15, 0.2) is 4.96 Å². The predicted octanol–water partition coefficient (Wildman–Crippen LogP) is 3.83. The van der Waals surface area contributed by atoms with Crippen molar-refractivity contribution in [2.24, 2.45) is 0 Å². The summed E-state index contributed by atoms with van der Waals surface area (Å²) in [6, 6.07) is 4.44. The molecular weight excluding hydrogens is 339 g/mol. The Morgan fingerprint density at radius 3 is 2.92 bits per heavy atom. The molecule has 3 rings (SSSR count). The second-order valence-corrected chi connectivity index (χ2v) is 6.29. The first-order valence-electron chi connectivity index (χ1n) is 7.20. The van der Waals surface area contributed by atoms with Gasteiger partial charge in [-0.3, -0.25) is 9.20 Å². The fourth-order valence-corrected chi connectivity index (χ4v) is 3.10. The summed E-state index contributed by atoms with van der Waals surface area (Å²) < 4.78 is 40.1. The van der Waals surface area contributed by atoms with E-state index in [-0.39, 0.29) is 12.3 Å². The van der Waals surface area contributed by atoms with Gasteiger partial charge >= 0.3 is 6.18 Å². The van der Waals surface area contributed by atoms with Crippen LogP contribution < -0.4 is 5.32 Å².